The number of nitrogens with one attached hydrogen (secondary N) is 1. The number of anilines is 1. The molecule has 1 aromatic carbocycles. The first kappa shape index (κ1) is 15.0. The molecule has 0 spiro atoms. The Morgan fingerprint density at radius 1 is 1.45 bits per heavy atom. The number of benzene rings is 1. The van der Waals surface area contributed by atoms with Crippen molar-refractivity contribution < 1.29 is 0 Å². The summed E-state index contributed by atoms with van der Waals surface area (Å²) < 4.78 is 2.87. The molecule has 1 aromatic heterocycles. The Balaban J connectivity index is 2.24. The number of halogens is 1. The molecule has 0 saturated carbocycles. The van der Waals surface area contributed by atoms with E-state index < -0.39 is 0 Å². The van der Waals surface area contributed by atoms with Crippen LogP contribution in [-0.4, -0.2) is 14.8 Å². The van der Waals surface area contributed by atoms with Gasteiger partial charge in [0.25, 0.3) is 0 Å². The summed E-state index contributed by atoms with van der Waals surface area (Å²) in [6, 6.07) is 5.64. The highest BCUT2D eigenvalue weighted by molar-refractivity contribution is 9.10. The van der Waals surface area contributed by atoms with Gasteiger partial charge in [-0.15, -0.1) is 0 Å². The maximum Gasteiger partial charge on any atom is 0.138 e. The van der Waals surface area contributed by atoms with Gasteiger partial charge in [-0.2, -0.15) is 5.10 Å². The fourth-order valence-corrected chi connectivity index (χ4v) is 2.51. The second kappa shape index (κ2) is 6.83. The normalized spacial score (nSPS) is 12.6. The highest BCUT2D eigenvalue weighted by Crippen LogP contribution is 2.26. The predicted molar refractivity (Wildman–Crippen MR) is 82.6 cm³/mol. The lowest BCUT2D eigenvalue weighted by atomic mass is 10.0. The standard InChI is InChI=1S/C13H19BrN6/c1-2-5-20-13(17-8-18-20)7-12(19-16)10-6-9(14)3-4-11(10)15/h3-4,6,8,12,19H,2,5,7,15-16H2,1H3. The van der Waals surface area contributed by atoms with E-state index >= 15 is 0 Å². The van der Waals surface area contributed by atoms with Gasteiger partial charge in [0.05, 0.1) is 6.04 Å². The van der Waals surface area contributed by atoms with Crippen molar-refractivity contribution in [1.82, 2.24) is 20.2 Å². The van der Waals surface area contributed by atoms with E-state index in [0.29, 0.717) is 12.1 Å². The topological polar surface area (TPSA) is 94.8 Å². The Labute approximate surface area is 126 Å². The summed E-state index contributed by atoms with van der Waals surface area (Å²) in [5, 5.41) is 4.22. The van der Waals surface area contributed by atoms with Crippen LogP contribution in [0.3, 0.4) is 0 Å². The van der Waals surface area contributed by atoms with Gasteiger partial charge in [0, 0.05) is 23.1 Å². The Kier molecular flexibility index (Phi) is 5.11. The van der Waals surface area contributed by atoms with Crippen molar-refractivity contribution in [1.29, 1.82) is 0 Å². The van der Waals surface area contributed by atoms with Crippen LogP contribution in [0.4, 0.5) is 5.69 Å². The third kappa shape index (κ3) is 3.36. The van der Waals surface area contributed by atoms with E-state index in [0.717, 1.165) is 28.8 Å². The van der Waals surface area contributed by atoms with Crippen LogP contribution in [0.25, 0.3) is 0 Å². The van der Waals surface area contributed by atoms with E-state index in [9.17, 15) is 0 Å². The number of aromatic nitrogens is 3. The number of nitrogens with two attached hydrogens (primary N) is 2. The number of aryl methyl sites for hydroxylation is 1. The van der Waals surface area contributed by atoms with E-state index in [1.807, 2.05) is 22.9 Å². The Morgan fingerprint density at radius 2 is 2.25 bits per heavy atom. The van der Waals surface area contributed by atoms with Crippen LogP contribution in [0.5, 0.6) is 0 Å². The molecule has 0 amide bonds. The van der Waals surface area contributed by atoms with E-state index in [4.69, 9.17) is 11.6 Å². The van der Waals surface area contributed by atoms with E-state index in [2.05, 4.69) is 38.4 Å². The first-order chi connectivity index (χ1) is 9.65. The average molecular weight is 339 g/mol. The number of hydrazine groups is 1. The average Bonchev–Trinajstić information content (AvgIpc) is 2.87. The molecule has 1 heterocycles. The summed E-state index contributed by atoms with van der Waals surface area (Å²) in [5.74, 6) is 6.58. The van der Waals surface area contributed by atoms with Gasteiger partial charge in [-0.3, -0.25) is 16.0 Å². The maximum atomic E-state index is 6.03. The number of hydrogen-bond donors (Lipinski definition) is 3. The highest BCUT2D eigenvalue weighted by Gasteiger charge is 2.17. The fourth-order valence-electron chi connectivity index (χ4n) is 2.13. The SMILES string of the molecule is CCCn1ncnc1CC(NN)c1cc(Br)ccc1N. The lowest BCUT2D eigenvalue weighted by Gasteiger charge is -2.18. The zero-order valence-corrected chi connectivity index (χ0v) is 13.0. The molecule has 0 aliphatic rings. The van der Waals surface area contributed by atoms with Crippen molar-refractivity contribution in [2.45, 2.75) is 32.4 Å². The highest BCUT2D eigenvalue weighted by atomic mass is 79.9. The third-order valence-electron chi connectivity index (χ3n) is 3.14. The van der Waals surface area contributed by atoms with Gasteiger partial charge in [-0.25, -0.2) is 4.98 Å². The van der Waals surface area contributed by atoms with Crippen molar-refractivity contribution >= 4 is 21.6 Å². The van der Waals surface area contributed by atoms with E-state index in [1.165, 1.54) is 0 Å². The van der Waals surface area contributed by atoms with Crippen molar-refractivity contribution in [3.8, 4) is 0 Å². The summed E-state index contributed by atoms with van der Waals surface area (Å²) in [7, 11) is 0. The zero-order valence-electron chi connectivity index (χ0n) is 11.4. The van der Waals surface area contributed by atoms with Gasteiger partial charge >= 0.3 is 0 Å². The van der Waals surface area contributed by atoms with Gasteiger partial charge in [0.2, 0.25) is 0 Å². The second-order valence-corrected chi connectivity index (χ2v) is 5.51. The molecule has 6 nitrogen and oxygen atoms in total. The quantitative estimate of drug-likeness (QED) is 0.424. The molecule has 0 aliphatic carbocycles. The summed E-state index contributed by atoms with van der Waals surface area (Å²) in [6.07, 6.45) is 3.22. The van der Waals surface area contributed by atoms with Gasteiger partial charge < -0.3 is 5.73 Å². The van der Waals surface area contributed by atoms with Crippen molar-refractivity contribution in [2.75, 3.05) is 5.73 Å². The molecule has 0 saturated heterocycles. The lowest BCUT2D eigenvalue weighted by molar-refractivity contribution is 0.500. The van der Waals surface area contributed by atoms with Crippen LogP contribution in [0.2, 0.25) is 0 Å². The van der Waals surface area contributed by atoms with Crippen molar-refractivity contribution in [3.63, 3.8) is 0 Å². The minimum absolute atomic E-state index is 0.104. The monoisotopic (exact) mass is 338 g/mol. The molecule has 0 fully saturated rings. The fraction of sp³-hybridized carbons (Fsp3) is 0.385. The van der Waals surface area contributed by atoms with Crippen LogP contribution in [0, 0.1) is 0 Å². The number of nitrogens with zero attached hydrogens (tertiary/aromatic N) is 3. The van der Waals surface area contributed by atoms with Crippen LogP contribution < -0.4 is 17.0 Å². The third-order valence-corrected chi connectivity index (χ3v) is 3.64. The van der Waals surface area contributed by atoms with Crippen molar-refractivity contribution in [2.24, 2.45) is 5.84 Å². The van der Waals surface area contributed by atoms with Gasteiger partial charge in [-0.1, -0.05) is 22.9 Å². The number of hydrogen-bond acceptors (Lipinski definition) is 5. The van der Waals surface area contributed by atoms with Crippen LogP contribution in [0.1, 0.15) is 30.8 Å². The molecular weight excluding hydrogens is 320 g/mol. The van der Waals surface area contributed by atoms with Gasteiger partial charge in [0.15, 0.2) is 0 Å². The molecule has 20 heavy (non-hydrogen) atoms. The van der Waals surface area contributed by atoms with E-state index in [-0.39, 0.29) is 6.04 Å². The first-order valence-electron chi connectivity index (χ1n) is 6.53. The molecule has 0 bridgehead atoms. The van der Waals surface area contributed by atoms with E-state index in [1.54, 1.807) is 6.33 Å². The molecular formula is C13H19BrN6. The molecule has 0 radical (unpaired) electrons. The summed E-state index contributed by atoms with van der Waals surface area (Å²) in [4.78, 5) is 4.30. The molecule has 108 valence electrons. The maximum absolute atomic E-state index is 6.03. The lowest BCUT2D eigenvalue weighted by Crippen LogP contribution is -2.31. The predicted octanol–water partition coefficient (Wildman–Crippen LogP) is 1.78. The summed E-state index contributed by atoms with van der Waals surface area (Å²) >= 11 is 3.45. The zero-order chi connectivity index (χ0) is 14.5. The smallest absolute Gasteiger partial charge is 0.138 e. The summed E-state index contributed by atoms with van der Waals surface area (Å²) in [5.41, 5.74) is 10.5. The van der Waals surface area contributed by atoms with Crippen LogP contribution >= 0.6 is 15.9 Å². The Morgan fingerprint density at radius 3 is 2.95 bits per heavy atom. The first-order valence-corrected chi connectivity index (χ1v) is 7.32. The molecule has 5 N–H and O–H groups in total. The minimum atomic E-state index is -0.104. The van der Waals surface area contributed by atoms with Gasteiger partial charge in [-0.05, 0) is 30.2 Å². The summed E-state index contributed by atoms with van der Waals surface area (Å²) in [6.45, 7) is 2.96. The molecule has 2 rings (SSSR count). The van der Waals surface area contributed by atoms with Crippen LogP contribution in [0.15, 0.2) is 29.0 Å². The number of rotatable bonds is 6. The molecule has 0 aliphatic heterocycles. The Hall–Kier alpha value is -1.44. The van der Waals surface area contributed by atoms with Gasteiger partial charge in [0.1, 0.15) is 12.2 Å². The van der Waals surface area contributed by atoms with Crippen molar-refractivity contribution in [3.05, 3.63) is 40.4 Å². The minimum Gasteiger partial charge on any atom is -0.398 e. The largest absolute Gasteiger partial charge is 0.398 e. The number of nitrogen functional groups attached to an aromatic ring is 1. The molecule has 1 atom stereocenters. The Bertz CT molecular complexity index is 568. The van der Waals surface area contributed by atoms with Crippen LogP contribution in [-0.2, 0) is 13.0 Å². The second-order valence-electron chi connectivity index (χ2n) is 4.60. The molecule has 7 heteroatoms. The molecule has 2 aromatic rings. The molecule has 1 unspecified atom stereocenters.